The number of carbonyl (C=O) groups is 1. The lowest BCUT2D eigenvalue weighted by atomic mass is 10.0. The van der Waals surface area contributed by atoms with Crippen LogP contribution in [0.15, 0.2) is 18.2 Å². The molecule has 0 amide bonds. The van der Waals surface area contributed by atoms with Crippen molar-refractivity contribution in [2.24, 2.45) is 5.92 Å². The molecule has 2 rings (SSSR count). The predicted molar refractivity (Wildman–Crippen MR) is 111 cm³/mol. The van der Waals surface area contributed by atoms with E-state index >= 15 is 0 Å². The number of hydrogen-bond acceptors (Lipinski definition) is 4. The van der Waals surface area contributed by atoms with Gasteiger partial charge in [0, 0.05) is 18.8 Å². The van der Waals surface area contributed by atoms with E-state index in [1.54, 1.807) is 25.1 Å². The molecule has 1 fully saturated rings. The van der Waals surface area contributed by atoms with Crippen molar-refractivity contribution < 1.29 is 9.53 Å². The Kier molecular flexibility index (Phi) is 8.62. The summed E-state index contributed by atoms with van der Waals surface area (Å²) in [6.07, 6.45) is 3.69. The quantitative estimate of drug-likeness (QED) is 0.413. The zero-order valence-corrected chi connectivity index (χ0v) is 17.1. The lowest BCUT2D eigenvalue weighted by molar-refractivity contribution is 0.0526. The van der Waals surface area contributed by atoms with Gasteiger partial charge < -0.3 is 20.3 Å². The van der Waals surface area contributed by atoms with Gasteiger partial charge in [-0.15, -0.1) is 0 Å². The summed E-state index contributed by atoms with van der Waals surface area (Å²) in [7, 11) is 0. The standard InChI is InChI=1S/C19H28ClN3O2S/c1-3-25-18(24)16-12-15(7-8-17(16)20)22-19(26)21-9-5-11-23-10-4-6-14(2)13-23/h7-8,12,14H,3-6,9-11,13H2,1-2H3,(H2,21,22,26). The Morgan fingerprint density at radius 2 is 2.27 bits per heavy atom. The third-order valence-corrected chi connectivity index (χ3v) is 4.97. The smallest absolute Gasteiger partial charge is 0.339 e. The molecule has 0 radical (unpaired) electrons. The van der Waals surface area contributed by atoms with E-state index in [9.17, 15) is 4.79 Å². The number of carbonyl (C=O) groups excluding carboxylic acids is 1. The number of thiocarbonyl (C=S) groups is 1. The first-order chi connectivity index (χ1) is 12.5. The molecular formula is C19H28ClN3O2S. The van der Waals surface area contributed by atoms with E-state index in [4.69, 9.17) is 28.6 Å². The first-order valence-corrected chi connectivity index (χ1v) is 10.0. The Morgan fingerprint density at radius 1 is 1.46 bits per heavy atom. The van der Waals surface area contributed by atoms with Crippen LogP contribution in [0.4, 0.5) is 5.69 Å². The lowest BCUT2D eigenvalue weighted by Gasteiger charge is -2.30. The minimum Gasteiger partial charge on any atom is -0.462 e. The predicted octanol–water partition coefficient (Wildman–Crippen LogP) is 3.93. The Balaban J connectivity index is 1.75. The van der Waals surface area contributed by atoms with Gasteiger partial charge in [-0.2, -0.15) is 0 Å². The van der Waals surface area contributed by atoms with E-state index in [1.165, 1.54) is 25.9 Å². The van der Waals surface area contributed by atoms with Gasteiger partial charge in [0.2, 0.25) is 0 Å². The second kappa shape index (κ2) is 10.7. The number of benzene rings is 1. The molecule has 26 heavy (non-hydrogen) atoms. The summed E-state index contributed by atoms with van der Waals surface area (Å²) < 4.78 is 5.01. The highest BCUT2D eigenvalue weighted by atomic mass is 35.5. The molecule has 1 heterocycles. The number of likely N-dealkylation sites (tertiary alicyclic amines) is 1. The first-order valence-electron chi connectivity index (χ1n) is 9.23. The monoisotopic (exact) mass is 397 g/mol. The molecular weight excluding hydrogens is 370 g/mol. The molecule has 7 heteroatoms. The molecule has 2 N–H and O–H groups in total. The zero-order chi connectivity index (χ0) is 18.9. The maximum absolute atomic E-state index is 11.9. The number of ether oxygens (including phenoxy) is 1. The number of rotatable bonds is 7. The van der Waals surface area contributed by atoms with Gasteiger partial charge in [0.05, 0.1) is 17.2 Å². The molecule has 0 bridgehead atoms. The van der Waals surface area contributed by atoms with Crippen molar-refractivity contribution in [2.45, 2.75) is 33.1 Å². The van der Waals surface area contributed by atoms with Crippen LogP contribution in [-0.2, 0) is 4.74 Å². The second-order valence-electron chi connectivity index (χ2n) is 6.70. The molecule has 1 aliphatic rings. The van der Waals surface area contributed by atoms with E-state index < -0.39 is 5.97 Å². The van der Waals surface area contributed by atoms with Crippen molar-refractivity contribution in [3.05, 3.63) is 28.8 Å². The fraction of sp³-hybridized carbons (Fsp3) is 0.579. The van der Waals surface area contributed by atoms with Crippen molar-refractivity contribution in [3.63, 3.8) is 0 Å². The average Bonchev–Trinajstić information content (AvgIpc) is 2.60. The number of piperidine rings is 1. The highest BCUT2D eigenvalue weighted by molar-refractivity contribution is 7.80. The molecule has 1 aromatic rings. The van der Waals surface area contributed by atoms with Crippen molar-refractivity contribution in [3.8, 4) is 0 Å². The van der Waals surface area contributed by atoms with Gasteiger partial charge in [-0.05, 0) is 75.6 Å². The van der Waals surface area contributed by atoms with Gasteiger partial charge >= 0.3 is 5.97 Å². The Hall–Kier alpha value is -1.37. The largest absolute Gasteiger partial charge is 0.462 e. The molecule has 0 aliphatic carbocycles. The normalized spacial score (nSPS) is 17.6. The van der Waals surface area contributed by atoms with Crippen LogP contribution in [-0.4, -0.2) is 48.8 Å². The summed E-state index contributed by atoms with van der Waals surface area (Å²) in [4.78, 5) is 14.4. The maximum atomic E-state index is 11.9. The average molecular weight is 398 g/mol. The summed E-state index contributed by atoms with van der Waals surface area (Å²) in [5.41, 5.74) is 1.04. The van der Waals surface area contributed by atoms with E-state index in [0.717, 1.165) is 25.4 Å². The van der Waals surface area contributed by atoms with E-state index in [-0.39, 0.29) is 0 Å². The Labute approximate surface area is 166 Å². The van der Waals surface area contributed by atoms with Crippen LogP contribution in [0.3, 0.4) is 0 Å². The van der Waals surface area contributed by atoms with Crippen LogP contribution in [0.2, 0.25) is 5.02 Å². The number of esters is 1. The molecule has 0 saturated carbocycles. The van der Waals surface area contributed by atoms with E-state index in [2.05, 4.69) is 22.5 Å². The van der Waals surface area contributed by atoms with Gasteiger partial charge in [-0.25, -0.2) is 4.79 Å². The highest BCUT2D eigenvalue weighted by Crippen LogP contribution is 2.21. The molecule has 1 aromatic carbocycles. The van der Waals surface area contributed by atoms with Crippen molar-refractivity contribution in [1.29, 1.82) is 0 Å². The van der Waals surface area contributed by atoms with E-state index in [0.29, 0.717) is 28.0 Å². The first kappa shape index (κ1) is 20.9. The number of hydrogen-bond donors (Lipinski definition) is 2. The fourth-order valence-corrected chi connectivity index (χ4v) is 3.55. The van der Waals surface area contributed by atoms with Gasteiger partial charge in [-0.1, -0.05) is 18.5 Å². The van der Waals surface area contributed by atoms with Gasteiger partial charge in [0.25, 0.3) is 0 Å². The fourth-order valence-electron chi connectivity index (χ4n) is 3.14. The third-order valence-electron chi connectivity index (χ3n) is 4.40. The lowest BCUT2D eigenvalue weighted by Crippen LogP contribution is -2.37. The van der Waals surface area contributed by atoms with Crippen molar-refractivity contribution in [2.75, 3.05) is 38.1 Å². The number of halogens is 1. The number of nitrogens with one attached hydrogen (secondary N) is 2. The topological polar surface area (TPSA) is 53.6 Å². The van der Waals surface area contributed by atoms with Gasteiger partial charge in [0.15, 0.2) is 5.11 Å². The van der Waals surface area contributed by atoms with Crippen LogP contribution >= 0.6 is 23.8 Å². The zero-order valence-electron chi connectivity index (χ0n) is 15.5. The van der Waals surface area contributed by atoms with Crippen LogP contribution in [0, 0.1) is 5.92 Å². The minimum absolute atomic E-state index is 0.308. The molecule has 144 valence electrons. The Morgan fingerprint density at radius 3 is 3.00 bits per heavy atom. The number of nitrogens with zero attached hydrogens (tertiary/aromatic N) is 1. The molecule has 1 unspecified atom stereocenters. The maximum Gasteiger partial charge on any atom is 0.339 e. The summed E-state index contributed by atoms with van der Waals surface area (Å²) in [5.74, 6) is 0.369. The van der Waals surface area contributed by atoms with Crippen LogP contribution in [0.25, 0.3) is 0 Å². The molecule has 1 saturated heterocycles. The third kappa shape index (κ3) is 6.74. The molecule has 0 spiro atoms. The summed E-state index contributed by atoms with van der Waals surface area (Å²) in [5, 5.41) is 7.21. The number of anilines is 1. The molecule has 1 aliphatic heterocycles. The second-order valence-corrected chi connectivity index (χ2v) is 7.51. The van der Waals surface area contributed by atoms with Crippen LogP contribution in [0.5, 0.6) is 0 Å². The summed E-state index contributed by atoms with van der Waals surface area (Å²) in [6.45, 7) is 8.70. The Bertz CT molecular complexity index is 627. The molecule has 0 aromatic heterocycles. The highest BCUT2D eigenvalue weighted by Gasteiger charge is 2.15. The molecule has 5 nitrogen and oxygen atoms in total. The molecule has 1 atom stereocenters. The summed E-state index contributed by atoms with van der Waals surface area (Å²) in [6, 6.07) is 5.11. The SMILES string of the molecule is CCOC(=O)c1cc(NC(=S)NCCCN2CCCC(C)C2)ccc1Cl. The van der Waals surface area contributed by atoms with Crippen LogP contribution in [0.1, 0.15) is 43.5 Å². The van der Waals surface area contributed by atoms with Crippen LogP contribution < -0.4 is 10.6 Å². The van der Waals surface area contributed by atoms with Gasteiger partial charge in [-0.3, -0.25) is 0 Å². The van der Waals surface area contributed by atoms with Gasteiger partial charge in [0.1, 0.15) is 0 Å². The minimum atomic E-state index is -0.434. The van der Waals surface area contributed by atoms with Crippen molar-refractivity contribution in [1.82, 2.24) is 10.2 Å². The summed E-state index contributed by atoms with van der Waals surface area (Å²) >= 11 is 11.4. The van der Waals surface area contributed by atoms with E-state index in [1.807, 2.05) is 0 Å². The van der Waals surface area contributed by atoms with Crippen molar-refractivity contribution >= 4 is 40.6 Å².